The van der Waals surface area contributed by atoms with E-state index >= 15 is 0 Å². The van der Waals surface area contributed by atoms with E-state index in [1.54, 1.807) is 0 Å². The van der Waals surface area contributed by atoms with Gasteiger partial charge in [-0.05, 0) is 89.0 Å². The van der Waals surface area contributed by atoms with Crippen molar-refractivity contribution in [3.05, 3.63) is 89.0 Å². The molecule has 9 nitrogen and oxygen atoms in total. The third-order valence-corrected chi connectivity index (χ3v) is 12.3. The number of likely N-dealkylation sites (tertiary alicyclic amines) is 2. The van der Waals surface area contributed by atoms with Gasteiger partial charge in [0, 0.05) is 56.5 Å². The third-order valence-electron chi connectivity index (χ3n) is 10.4. The zero-order chi connectivity index (χ0) is 32.3. The Hall–Kier alpha value is -3.34. The predicted molar refractivity (Wildman–Crippen MR) is 182 cm³/mol. The number of anilines is 1. The van der Waals surface area contributed by atoms with Gasteiger partial charge in [0.25, 0.3) is 5.91 Å². The van der Waals surface area contributed by atoms with Crippen LogP contribution in [0.15, 0.2) is 60.9 Å². The molecule has 1 aliphatic carbocycles. The van der Waals surface area contributed by atoms with Crippen LogP contribution in [0, 0.1) is 13.8 Å². The zero-order valence-electron chi connectivity index (χ0n) is 27.5. The summed E-state index contributed by atoms with van der Waals surface area (Å²) in [5.41, 5.74) is 5.86. The predicted octanol–water partition coefficient (Wildman–Crippen LogP) is 4.88. The molecule has 3 heterocycles. The van der Waals surface area contributed by atoms with E-state index < -0.39 is 10.0 Å². The van der Waals surface area contributed by atoms with Crippen LogP contribution in [-0.4, -0.2) is 83.6 Å². The molecular weight excluding hydrogens is 597 g/mol. The minimum Gasteiger partial charge on any atom is -0.364 e. The number of benzene rings is 2. The SMILES string of the molecule is Cc1ncnc(C)c1C(=O)N1CCC(C)(N2CCC(N(Cc3ccccc3)c3ccc(CCNS(=O)(=O)C4CC4)cc3)CC2)CC1. The highest BCUT2D eigenvalue weighted by Gasteiger charge is 2.40. The minimum atomic E-state index is -3.15. The molecule has 1 saturated carbocycles. The Morgan fingerprint density at radius 2 is 1.52 bits per heavy atom. The molecule has 0 spiro atoms. The second-order valence-corrected chi connectivity index (χ2v) is 15.6. The molecule has 1 amide bonds. The summed E-state index contributed by atoms with van der Waals surface area (Å²) in [6.07, 6.45) is 7.85. The lowest BCUT2D eigenvalue weighted by Crippen LogP contribution is -2.58. The maximum Gasteiger partial charge on any atom is 0.257 e. The maximum atomic E-state index is 13.4. The highest BCUT2D eigenvalue weighted by atomic mass is 32.2. The first-order valence-corrected chi connectivity index (χ1v) is 18.4. The highest BCUT2D eigenvalue weighted by molar-refractivity contribution is 7.90. The van der Waals surface area contributed by atoms with Crippen LogP contribution in [0.5, 0.6) is 0 Å². The van der Waals surface area contributed by atoms with E-state index in [2.05, 4.69) is 86.0 Å². The zero-order valence-corrected chi connectivity index (χ0v) is 28.3. The van der Waals surface area contributed by atoms with Crippen LogP contribution >= 0.6 is 0 Å². The summed E-state index contributed by atoms with van der Waals surface area (Å²) in [7, 11) is -3.15. The Bertz CT molecular complexity index is 1570. The van der Waals surface area contributed by atoms with Gasteiger partial charge in [-0.2, -0.15) is 0 Å². The summed E-state index contributed by atoms with van der Waals surface area (Å²) in [5, 5.41) is -0.184. The molecule has 0 radical (unpaired) electrons. The van der Waals surface area contributed by atoms with Crippen LogP contribution in [0.4, 0.5) is 5.69 Å². The maximum absolute atomic E-state index is 13.4. The number of hydrogen-bond donors (Lipinski definition) is 1. The number of rotatable bonds is 11. The van der Waals surface area contributed by atoms with E-state index in [0.29, 0.717) is 24.6 Å². The van der Waals surface area contributed by atoms with E-state index in [1.165, 1.54) is 17.6 Å². The molecule has 0 atom stereocenters. The average molecular weight is 645 g/mol. The molecule has 2 aromatic carbocycles. The van der Waals surface area contributed by atoms with Crippen molar-refractivity contribution in [1.82, 2.24) is 24.5 Å². The Kier molecular flexibility index (Phi) is 9.77. The molecule has 3 aromatic rings. The van der Waals surface area contributed by atoms with Crippen molar-refractivity contribution < 1.29 is 13.2 Å². The summed E-state index contributed by atoms with van der Waals surface area (Å²) in [6, 6.07) is 19.8. The molecule has 1 aromatic heterocycles. The van der Waals surface area contributed by atoms with Gasteiger partial charge in [0.05, 0.1) is 22.2 Å². The molecular formula is C36H48N6O3S. The molecule has 3 fully saturated rings. The highest BCUT2D eigenvalue weighted by Crippen LogP contribution is 2.34. The van der Waals surface area contributed by atoms with E-state index in [1.807, 2.05) is 18.7 Å². The van der Waals surface area contributed by atoms with Crippen molar-refractivity contribution in [3.63, 3.8) is 0 Å². The van der Waals surface area contributed by atoms with Gasteiger partial charge in [-0.15, -0.1) is 0 Å². The second-order valence-electron chi connectivity index (χ2n) is 13.6. The Labute approximate surface area is 274 Å². The van der Waals surface area contributed by atoms with Crippen molar-refractivity contribution in [3.8, 4) is 0 Å². The fourth-order valence-electron chi connectivity index (χ4n) is 7.18. The number of carbonyl (C=O) groups excluding carboxylic acids is 1. The summed E-state index contributed by atoms with van der Waals surface area (Å²) in [4.78, 5) is 29.1. The summed E-state index contributed by atoms with van der Waals surface area (Å²) < 4.78 is 27.2. The molecule has 3 aliphatic rings. The quantitative estimate of drug-likeness (QED) is 0.318. The van der Waals surface area contributed by atoms with Gasteiger partial charge < -0.3 is 9.80 Å². The number of piperidine rings is 2. The number of hydrogen-bond acceptors (Lipinski definition) is 7. The van der Waals surface area contributed by atoms with Crippen LogP contribution in [0.1, 0.15) is 78.3 Å². The summed E-state index contributed by atoms with van der Waals surface area (Å²) >= 11 is 0. The Morgan fingerprint density at radius 1 is 0.891 bits per heavy atom. The molecule has 1 N–H and O–H groups in total. The van der Waals surface area contributed by atoms with Gasteiger partial charge in [0.15, 0.2) is 0 Å². The Balaban J connectivity index is 1.07. The smallest absolute Gasteiger partial charge is 0.257 e. The Morgan fingerprint density at radius 3 is 2.13 bits per heavy atom. The number of carbonyl (C=O) groups is 1. The monoisotopic (exact) mass is 644 g/mol. The molecule has 10 heteroatoms. The largest absolute Gasteiger partial charge is 0.364 e. The van der Waals surface area contributed by atoms with E-state index in [0.717, 1.165) is 88.2 Å². The lowest BCUT2D eigenvalue weighted by molar-refractivity contribution is 0.0170. The van der Waals surface area contributed by atoms with E-state index in [-0.39, 0.29) is 16.7 Å². The molecule has 0 bridgehead atoms. The number of nitrogens with one attached hydrogen (secondary N) is 1. The number of sulfonamides is 1. The standard InChI is InChI=1S/C36H48N6O3S/c1-27-34(28(2)38-26-37-27)35(43)40-23-18-36(3,19-24-40)41-21-16-32(17-22-41)42(25-30-7-5-4-6-8-30)31-11-9-29(10-12-31)15-20-39-46(44,45)33-13-14-33/h4-12,26,32-33,39H,13-25H2,1-3H3. The lowest BCUT2D eigenvalue weighted by Gasteiger charge is -2.50. The molecule has 46 heavy (non-hydrogen) atoms. The van der Waals surface area contributed by atoms with E-state index in [4.69, 9.17) is 0 Å². The van der Waals surface area contributed by atoms with Crippen LogP contribution in [0.25, 0.3) is 0 Å². The number of aryl methyl sites for hydroxylation is 2. The van der Waals surface area contributed by atoms with Crippen molar-refractivity contribution >= 4 is 21.6 Å². The van der Waals surface area contributed by atoms with Crippen molar-refractivity contribution in [2.45, 2.75) is 89.1 Å². The summed E-state index contributed by atoms with van der Waals surface area (Å²) in [6.45, 7) is 11.0. The number of amides is 1. The van der Waals surface area contributed by atoms with Gasteiger partial charge in [-0.25, -0.2) is 23.1 Å². The molecule has 0 unspecified atom stereocenters. The van der Waals surface area contributed by atoms with E-state index in [9.17, 15) is 13.2 Å². The topological polar surface area (TPSA) is 98.7 Å². The fraction of sp³-hybridized carbons (Fsp3) is 0.528. The lowest BCUT2D eigenvalue weighted by atomic mass is 9.85. The van der Waals surface area contributed by atoms with Gasteiger partial charge >= 0.3 is 0 Å². The number of nitrogens with zero attached hydrogens (tertiary/aromatic N) is 5. The summed E-state index contributed by atoms with van der Waals surface area (Å²) in [5.74, 6) is 0.0542. The van der Waals surface area contributed by atoms with Crippen LogP contribution < -0.4 is 9.62 Å². The van der Waals surface area contributed by atoms with Crippen molar-refractivity contribution in [1.29, 1.82) is 0 Å². The van der Waals surface area contributed by atoms with Crippen molar-refractivity contribution in [2.24, 2.45) is 0 Å². The average Bonchev–Trinajstić information content (AvgIpc) is 3.92. The third kappa shape index (κ3) is 7.45. The number of aromatic nitrogens is 2. The van der Waals surface area contributed by atoms with Gasteiger partial charge in [-0.3, -0.25) is 9.69 Å². The van der Waals surface area contributed by atoms with Crippen LogP contribution in [-0.2, 0) is 23.0 Å². The first-order chi connectivity index (χ1) is 22.1. The second kappa shape index (κ2) is 13.8. The van der Waals surface area contributed by atoms with Crippen molar-refractivity contribution in [2.75, 3.05) is 37.6 Å². The molecule has 6 rings (SSSR count). The first-order valence-electron chi connectivity index (χ1n) is 16.8. The fourth-order valence-corrected chi connectivity index (χ4v) is 8.56. The van der Waals surface area contributed by atoms with Gasteiger partial charge in [-0.1, -0.05) is 42.5 Å². The van der Waals surface area contributed by atoms with Gasteiger partial charge in [0.1, 0.15) is 6.33 Å². The molecule has 2 aliphatic heterocycles. The van der Waals surface area contributed by atoms with Crippen LogP contribution in [0.3, 0.4) is 0 Å². The first kappa shape index (κ1) is 32.6. The minimum absolute atomic E-state index is 0.0542. The normalized spacial score (nSPS) is 19.2. The molecule has 246 valence electrons. The van der Waals surface area contributed by atoms with Gasteiger partial charge in [0.2, 0.25) is 10.0 Å². The molecule has 2 saturated heterocycles. The van der Waals surface area contributed by atoms with Crippen LogP contribution in [0.2, 0.25) is 0 Å².